The van der Waals surface area contributed by atoms with E-state index in [0.717, 1.165) is 12.1 Å². The minimum atomic E-state index is -0.576. The fourth-order valence-electron chi connectivity index (χ4n) is 0.885. The van der Waals surface area contributed by atoms with Crippen LogP contribution in [0.4, 0.5) is 4.39 Å². The predicted molar refractivity (Wildman–Crippen MR) is 49.1 cm³/mol. The Morgan fingerprint density at radius 3 is 2.93 bits per heavy atom. The molecule has 1 rings (SSSR count). The number of halogens is 1. The van der Waals surface area contributed by atoms with Crippen molar-refractivity contribution in [1.82, 2.24) is 0 Å². The third-order valence-corrected chi connectivity index (χ3v) is 1.58. The standard InChI is InChI=1S/C10H9FO3/c1-14-10(13)5-2-7-6-8(12)3-4-9(7)11/h2-6,12H,1H3. The van der Waals surface area contributed by atoms with Gasteiger partial charge in [0.15, 0.2) is 0 Å². The molecular weight excluding hydrogens is 187 g/mol. The molecule has 0 bridgehead atoms. The van der Waals surface area contributed by atoms with Crippen LogP contribution in [-0.2, 0) is 9.53 Å². The van der Waals surface area contributed by atoms with Gasteiger partial charge in [-0.15, -0.1) is 0 Å². The van der Waals surface area contributed by atoms with Crippen LogP contribution in [0.1, 0.15) is 5.56 Å². The highest BCUT2D eigenvalue weighted by molar-refractivity contribution is 5.87. The van der Waals surface area contributed by atoms with Crippen LogP contribution < -0.4 is 0 Å². The lowest BCUT2D eigenvalue weighted by Crippen LogP contribution is -1.93. The van der Waals surface area contributed by atoms with Gasteiger partial charge in [0.2, 0.25) is 0 Å². The summed E-state index contributed by atoms with van der Waals surface area (Å²) in [7, 11) is 1.23. The average molecular weight is 196 g/mol. The van der Waals surface area contributed by atoms with E-state index in [-0.39, 0.29) is 11.3 Å². The number of carbonyl (C=O) groups is 1. The van der Waals surface area contributed by atoms with Crippen LogP contribution in [0.5, 0.6) is 5.75 Å². The summed E-state index contributed by atoms with van der Waals surface area (Å²) >= 11 is 0. The largest absolute Gasteiger partial charge is 0.508 e. The number of aromatic hydroxyl groups is 1. The third-order valence-electron chi connectivity index (χ3n) is 1.58. The van der Waals surface area contributed by atoms with E-state index in [0.29, 0.717) is 0 Å². The predicted octanol–water partition coefficient (Wildman–Crippen LogP) is 1.72. The molecule has 1 aromatic rings. The summed E-state index contributed by atoms with van der Waals surface area (Å²) in [5.41, 5.74) is 0.135. The molecule has 0 heterocycles. The van der Waals surface area contributed by atoms with Gasteiger partial charge >= 0.3 is 5.97 Å². The van der Waals surface area contributed by atoms with Gasteiger partial charge in [-0.05, 0) is 24.3 Å². The van der Waals surface area contributed by atoms with Gasteiger partial charge in [0, 0.05) is 11.6 Å². The Labute approximate surface area is 80.4 Å². The maximum Gasteiger partial charge on any atom is 0.330 e. The van der Waals surface area contributed by atoms with Gasteiger partial charge in [-0.25, -0.2) is 9.18 Å². The summed E-state index contributed by atoms with van der Waals surface area (Å²) in [6, 6.07) is 3.56. The molecule has 0 aromatic heterocycles. The SMILES string of the molecule is COC(=O)C=Cc1cc(O)ccc1F. The summed E-state index contributed by atoms with van der Waals surface area (Å²) in [6.45, 7) is 0. The van der Waals surface area contributed by atoms with Crippen LogP contribution in [0.25, 0.3) is 6.08 Å². The molecule has 4 heteroatoms. The Morgan fingerprint density at radius 1 is 1.57 bits per heavy atom. The first kappa shape index (κ1) is 10.2. The number of rotatable bonds is 2. The molecule has 0 radical (unpaired) electrons. The molecule has 0 aliphatic heterocycles. The van der Waals surface area contributed by atoms with E-state index in [1.54, 1.807) is 0 Å². The lowest BCUT2D eigenvalue weighted by atomic mass is 10.2. The van der Waals surface area contributed by atoms with E-state index >= 15 is 0 Å². The van der Waals surface area contributed by atoms with Crippen LogP contribution in [0, 0.1) is 5.82 Å². The highest BCUT2D eigenvalue weighted by atomic mass is 19.1. The first-order valence-electron chi connectivity index (χ1n) is 3.88. The smallest absolute Gasteiger partial charge is 0.330 e. The van der Waals surface area contributed by atoms with Gasteiger partial charge in [0.05, 0.1) is 7.11 Å². The number of esters is 1. The zero-order valence-electron chi connectivity index (χ0n) is 7.53. The maximum atomic E-state index is 13.0. The molecule has 0 aliphatic rings. The molecule has 0 spiro atoms. The molecule has 0 aliphatic carbocycles. The Balaban J connectivity index is 2.90. The van der Waals surface area contributed by atoms with Crippen molar-refractivity contribution in [2.75, 3.05) is 7.11 Å². The molecule has 0 fully saturated rings. The molecule has 74 valence electrons. The Kier molecular flexibility index (Phi) is 3.23. The fourth-order valence-corrected chi connectivity index (χ4v) is 0.885. The number of phenols is 1. The number of phenolic OH excluding ortho intramolecular Hbond substituents is 1. The van der Waals surface area contributed by atoms with Crippen molar-refractivity contribution >= 4 is 12.0 Å². The van der Waals surface area contributed by atoms with Crippen LogP contribution in [0.2, 0.25) is 0 Å². The van der Waals surface area contributed by atoms with Crippen molar-refractivity contribution in [2.45, 2.75) is 0 Å². The fraction of sp³-hybridized carbons (Fsp3) is 0.100. The molecule has 0 amide bonds. The van der Waals surface area contributed by atoms with Crippen molar-refractivity contribution in [2.24, 2.45) is 0 Å². The molecular formula is C10H9FO3. The second kappa shape index (κ2) is 4.41. The van der Waals surface area contributed by atoms with Gasteiger partial charge in [0.25, 0.3) is 0 Å². The lowest BCUT2D eigenvalue weighted by Gasteiger charge is -1.97. The zero-order valence-corrected chi connectivity index (χ0v) is 7.53. The highest BCUT2D eigenvalue weighted by Gasteiger charge is 2.00. The van der Waals surface area contributed by atoms with E-state index in [4.69, 9.17) is 5.11 Å². The summed E-state index contributed by atoms with van der Waals surface area (Å²) in [4.78, 5) is 10.7. The van der Waals surface area contributed by atoms with E-state index < -0.39 is 11.8 Å². The van der Waals surface area contributed by atoms with E-state index in [2.05, 4.69) is 4.74 Å². The monoisotopic (exact) mass is 196 g/mol. The zero-order chi connectivity index (χ0) is 10.6. The molecule has 14 heavy (non-hydrogen) atoms. The topological polar surface area (TPSA) is 46.5 Å². The van der Waals surface area contributed by atoms with Gasteiger partial charge in [-0.2, -0.15) is 0 Å². The molecule has 0 saturated carbocycles. The second-order valence-corrected chi connectivity index (χ2v) is 2.56. The average Bonchev–Trinajstić information content (AvgIpc) is 2.19. The number of benzene rings is 1. The number of carbonyl (C=O) groups excluding carboxylic acids is 1. The summed E-state index contributed by atoms with van der Waals surface area (Å²) in [6.07, 6.45) is 2.32. The molecule has 1 N–H and O–H groups in total. The highest BCUT2D eigenvalue weighted by Crippen LogP contribution is 2.16. The van der Waals surface area contributed by atoms with Crippen LogP contribution in [0.3, 0.4) is 0 Å². The quantitative estimate of drug-likeness (QED) is 0.578. The van der Waals surface area contributed by atoms with E-state index in [1.165, 1.54) is 25.3 Å². The Hall–Kier alpha value is -1.84. The van der Waals surface area contributed by atoms with Gasteiger partial charge < -0.3 is 9.84 Å². The van der Waals surface area contributed by atoms with Crippen LogP contribution in [0.15, 0.2) is 24.3 Å². The molecule has 3 nitrogen and oxygen atoms in total. The van der Waals surface area contributed by atoms with Crippen molar-refractivity contribution < 1.29 is 19.0 Å². The van der Waals surface area contributed by atoms with Crippen molar-refractivity contribution in [1.29, 1.82) is 0 Å². The Morgan fingerprint density at radius 2 is 2.29 bits per heavy atom. The number of hydrogen-bond donors (Lipinski definition) is 1. The Bertz CT molecular complexity index is 372. The normalized spacial score (nSPS) is 10.4. The minimum Gasteiger partial charge on any atom is -0.508 e. The molecule has 1 aromatic carbocycles. The summed E-state index contributed by atoms with van der Waals surface area (Å²) < 4.78 is 17.3. The van der Waals surface area contributed by atoms with Gasteiger partial charge in [-0.3, -0.25) is 0 Å². The maximum absolute atomic E-state index is 13.0. The first-order valence-corrected chi connectivity index (χ1v) is 3.88. The summed E-state index contributed by atoms with van der Waals surface area (Å²) in [5.74, 6) is -1.15. The van der Waals surface area contributed by atoms with Crippen LogP contribution >= 0.6 is 0 Å². The summed E-state index contributed by atoms with van der Waals surface area (Å²) in [5, 5.41) is 9.04. The number of ether oxygens (including phenoxy) is 1. The van der Waals surface area contributed by atoms with Crippen LogP contribution in [-0.4, -0.2) is 18.2 Å². The number of methoxy groups -OCH3 is 1. The van der Waals surface area contributed by atoms with Gasteiger partial charge in [0.1, 0.15) is 11.6 Å². The lowest BCUT2D eigenvalue weighted by molar-refractivity contribution is -0.134. The third kappa shape index (κ3) is 2.58. The van der Waals surface area contributed by atoms with Crippen molar-refractivity contribution in [3.05, 3.63) is 35.7 Å². The molecule has 0 atom stereocenters. The van der Waals surface area contributed by atoms with E-state index in [9.17, 15) is 9.18 Å². The molecule has 0 unspecified atom stereocenters. The number of hydrogen-bond acceptors (Lipinski definition) is 3. The van der Waals surface area contributed by atoms with Crippen molar-refractivity contribution in [3.8, 4) is 5.75 Å². The molecule has 0 saturated heterocycles. The second-order valence-electron chi connectivity index (χ2n) is 2.56. The van der Waals surface area contributed by atoms with Gasteiger partial charge in [-0.1, -0.05) is 0 Å². The van der Waals surface area contributed by atoms with E-state index in [1.807, 2.05) is 0 Å². The first-order chi connectivity index (χ1) is 6.63. The van der Waals surface area contributed by atoms with Crippen molar-refractivity contribution in [3.63, 3.8) is 0 Å². The minimum absolute atomic E-state index is 0.0593.